The Balaban J connectivity index is 1.43. The highest BCUT2D eigenvalue weighted by atomic mass is 32.2. The first-order valence-corrected chi connectivity index (χ1v) is 8.43. The Labute approximate surface area is 142 Å². The molecular weight excluding hydrogens is 324 g/mol. The van der Waals surface area contributed by atoms with E-state index in [1.165, 1.54) is 0 Å². The van der Waals surface area contributed by atoms with Crippen molar-refractivity contribution in [3.8, 4) is 11.6 Å². The van der Waals surface area contributed by atoms with Crippen molar-refractivity contribution in [2.45, 2.75) is 11.0 Å². The van der Waals surface area contributed by atoms with E-state index in [0.29, 0.717) is 17.3 Å². The third-order valence-electron chi connectivity index (χ3n) is 3.56. The number of nitrogens with zero attached hydrogens (tertiary/aromatic N) is 3. The fraction of sp³-hybridized carbons (Fsp3) is 0.118. The average Bonchev–Trinajstić information content (AvgIpc) is 3.16. The lowest BCUT2D eigenvalue weighted by Crippen LogP contribution is -2.36. The minimum atomic E-state index is -0.518. The molecule has 0 saturated heterocycles. The topological polar surface area (TPSA) is 69.0 Å². The predicted molar refractivity (Wildman–Crippen MR) is 91.6 cm³/mol. The van der Waals surface area contributed by atoms with E-state index in [0.717, 1.165) is 10.6 Å². The van der Waals surface area contributed by atoms with E-state index < -0.39 is 6.10 Å². The lowest BCUT2D eigenvalue weighted by atomic mass is 10.3. The number of hydrogen-bond donors (Lipinski definition) is 1. The maximum Gasteiger partial charge on any atom is 0.266 e. The van der Waals surface area contributed by atoms with Crippen molar-refractivity contribution in [2.75, 3.05) is 11.1 Å². The van der Waals surface area contributed by atoms with E-state index in [-0.39, 0.29) is 5.91 Å². The van der Waals surface area contributed by atoms with Gasteiger partial charge in [-0.25, -0.2) is 9.67 Å². The maximum atomic E-state index is 12.4. The van der Waals surface area contributed by atoms with E-state index in [1.54, 1.807) is 41.0 Å². The highest BCUT2D eigenvalue weighted by molar-refractivity contribution is 7.99. The standard InChI is InChI=1S/C17H14N4O2S/c22-17(14-11-24-15-5-2-1-4-13(15)23-14)20-12-6-7-16(18-10-12)21-9-3-8-19-21/h1-10,14H,11H2,(H,20,22)/t14-/m1/s1. The molecule has 0 spiro atoms. The van der Waals surface area contributed by atoms with Gasteiger partial charge >= 0.3 is 0 Å². The number of carbonyl (C=O) groups is 1. The second kappa shape index (κ2) is 6.37. The van der Waals surface area contributed by atoms with Gasteiger partial charge in [-0.3, -0.25) is 4.79 Å². The summed E-state index contributed by atoms with van der Waals surface area (Å²) in [7, 11) is 0. The highest BCUT2D eigenvalue weighted by Gasteiger charge is 2.26. The van der Waals surface area contributed by atoms with Gasteiger partial charge in [-0.15, -0.1) is 11.8 Å². The zero-order valence-electron chi connectivity index (χ0n) is 12.6. The Hall–Kier alpha value is -2.80. The Morgan fingerprint density at radius 1 is 1.25 bits per heavy atom. The number of para-hydroxylation sites is 1. The number of benzene rings is 1. The average molecular weight is 338 g/mol. The molecule has 0 bridgehead atoms. The quantitative estimate of drug-likeness (QED) is 0.795. The minimum Gasteiger partial charge on any atom is -0.479 e. The van der Waals surface area contributed by atoms with Gasteiger partial charge in [0.25, 0.3) is 5.91 Å². The Bertz CT molecular complexity index is 849. The highest BCUT2D eigenvalue weighted by Crippen LogP contribution is 2.35. The lowest BCUT2D eigenvalue weighted by Gasteiger charge is -2.24. The normalized spacial score (nSPS) is 16.1. The van der Waals surface area contributed by atoms with Crippen molar-refractivity contribution in [2.24, 2.45) is 0 Å². The second-order valence-corrected chi connectivity index (χ2v) is 6.27. The molecule has 0 fully saturated rings. The first kappa shape index (κ1) is 14.8. The fourth-order valence-corrected chi connectivity index (χ4v) is 3.35. The van der Waals surface area contributed by atoms with Crippen LogP contribution in [0.2, 0.25) is 0 Å². The van der Waals surface area contributed by atoms with Crippen LogP contribution in [-0.4, -0.2) is 32.5 Å². The Morgan fingerprint density at radius 2 is 2.17 bits per heavy atom. The smallest absolute Gasteiger partial charge is 0.266 e. The van der Waals surface area contributed by atoms with Crippen molar-refractivity contribution in [1.82, 2.24) is 14.8 Å². The zero-order chi connectivity index (χ0) is 16.4. The van der Waals surface area contributed by atoms with Gasteiger partial charge in [0.1, 0.15) is 5.75 Å². The number of anilines is 1. The van der Waals surface area contributed by atoms with Crippen LogP contribution in [0.1, 0.15) is 0 Å². The summed E-state index contributed by atoms with van der Waals surface area (Å²) in [6.45, 7) is 0. The third kappa shape index (κ3) is 2.98. The summed E-state index contributed by atoms with van der Waals surface area (Å²) >= 11 is 1.62. The summed E-state index contributed by atoms with van der Waals surface area (Å²) in [4.78, 5) is 17.8. The van der Waals surface area contributed by atoms with Gasteiger partial charge in [-0.05, 0) is 30.3 Å². The van der Waals surface area contributed by atoms with Gasteiger partial charge in [0.2, 0.25) is 0 Å². The summed E-state index contributed by atoms with van der Waals surface area (Å²) in [5, 5.41) is 6.96. The maximum absolute atomic E-state index is 12.4. The molecule has 1 aliphatic rings. The van der Waals surface area contributed by atoms with Crippen molar-refractivity contribution in [1.29, 1.82) is 0 Å². The van der Waals surface area contributed by atoms with Crippen LogP contribution in [0.15, 0.2) is 66.0 Å². The van der Waals surface area contributed by atoms with E-state index in [4.69, 9.17) is 4.74 Å². The molecule has 0 unspecified atom stereocenters. The van der Waals surface area contributed by atoms with Crippen LogP contribution in [0.3, 0.4) is 0 Å². The molecule has 0 radical (unpaired) electrons. The van der Waals surface area contributed by atoms with Crippen molar-refractivity contribution >= 4 is 23.4 Å². The van der Waals surface area contributed by atoms with Crippen LogP contribution in [0.5, 0.6) is 5.75 Å². The first-order chi connectivity index (χ1) is 11.8. The molecule has 1 N–H and O–H groups in total. The van der Waals surface area contributed by atoms with Gasteiger partial charge in [-0.1, -0.05) is 12.1 Å². The number of fused-ring (bicyclic) bond motifs is 1. The molecule has 1 aromatic carbocycles. The monoisotopic (exact) mass is 338 g/mol. The number of pyridine rings is 1. The minimum absolute atomic E-state index is 0.175. The van der Waals surface area contributed by atoms with Crippen LogP contribution in [0.4, 0.5) is 5.69 Å². The van der Waals surface area contributed by atoms with Crippen LogP contribution in [-0.2, 0) is 4.79 Å². The Kier molecular flexibility index (Phi) is 3.92. The molecule has 120 valence electrons. The van der Waals surface area contributed by atoms with Crippen LogP contribution >= 0.6 is 11.8 Å². The van der Waals surface area contributed by atoms with Crippen molar-refractivity contribution in [3.63, 3.8) is 0 Å². The zero-order valence-corrected chi connectivity index (χ0v) is 13.4. The first-order valence-electron chi connectivity index (χ1n) is 7.45. The van der Waals surface area contributed by atoms with Crippen molar-refractivity contribution < 1.29 is 9.53 Å². The summed E-state index contributed by atoms with van der Waals surface area (Å²) in [6.07, 6.45) is 4.59. The van der Waals surface area contributed by atoms with E-state index in [2.05, 4.69) is 15.4 Å². The molecule has 24 heavy (non-hydrogen) atoms. The third-order valence-corrected chi connectivity index (χ3v) is 4.67. The fourth-order valence-electron chi connectivity index (χ4n) is 2.37. The molecule has 3 heterocycles. The summed E-state index contributed by atoms with van der Waals surface area (Å²) in [5.74, 6) is 1.85. The predicted octanol–water partition coefficient (Wildman–Crippen LogP) is 2.76. The van der Waals surface area contributed by atoms with Crippen LogP contribution in [0, 0.1) is 0 Å². The number of nitrogens with one attached hydrogen (secondary N) is 1. The second-order valence-electron chi connectivity index (χ2n) is 5.21. The molecule has 1 aliphatic heterocycles. The molecule has 0 aliphatic carbocycles. The molecule has 4 rings (SSSR count). The number of rotatable bonds is 3. The van der Waals surface area contributed by atoms with Crippen molar-refractivity contribution in [3.05, 3.63) is 61.1 Å². The largest absolute Gasteiger partial charge is 0.479 e. The van der Waals surface area contributed by atoms with E-state index >= 15 is 0 Å². The van der Waals surface area contributed by atoms with E-state index in [9.17, 15) is 4.79 Å². The molecule has 1 atom stereocenters. The molecular formula is C17H14N4O2S. The number of aromatic nitrogens is 3. The van der Waals surface area contributed by atoms with Crippen LogP contribution in [0.25, 0.3) is 5.82 Å². The number of amides is 1. The van der Waals surface area contributed by atoms with Gasteiger partial charge < -0.3 is 10.1 Å². The summed E-state index contributed by atoms with van der Waals surface area (Å²) in [6, 6.07) is 13.2. The molecule has 0 saturated carbocycles. The lowest BCUT2D eigenvalue weighted by molar-refractivity contribution is -0.122. The number of thioether (sulfide) groups is 1. The van der Waals surface area contributed by atoms with Gasteiger partial charge in [-0.2, -0.15) is 5.10 Å². The van der Waals surface area contributed by atoms with Crippen LogP contribution < -0.4 is 10.1 Å². The number of carbonyl (C=O) groups excluding carboxylic acids is 1. The molecule has 6 nitrogen and oxygen atoms in total. The summed E-state index contributed by atoms with van der Waals surface area (Å²) < 4.78 is 7.44. The van der Waals surface area contributed by atoms with Gasteiger partial charge in [0.15, 0.2) is 11.9 Å². The van der Waals surface area contributed by atoms with Gasteiger partial charge in [0.05, 0.1) is 11.9 Å². The molecule has 2 aromatic heterocycles. The Morgan fingerprint density at radius 3 is 2.96 bits per heavy atom. The molecule has 3 aromatic rings. The summed E-state index contributed by atoms with van der Waals surface area (Å²) in [5.41, 5.74) is 0.628. The molecule has 1 amide bonds. The van der Waals surface area contributed by atoms with E-state index in [1.807, 2.05) is 36.5 Å². The SMILES string of the molecule is O=C(Nc1ccc(-n2cccn2)nc1)[C@H]1CSc2ccccc2O1. The van der Waals surface area contributed by atoms with Gasteiger partial charge in [0, 0.05) is 23.0 Å². The molecule has 7 heteroatoms. The number of hydrogen-bond acceptors (Lipinski definition) is 5. The number of ether oxygens (including phenoxy) is 1.